The van der Waals surface area contributed by atoms with Gasteiger partial charge in [0.15, 0.2) is 11.5 Å². The molecule has 2 aliphatic heterocycles. The highest BCUT2D eigenvalue weighted by atomic mass is 32.2. The van der Waals surface area contributed by atoms with Crippen LogP contribution in [0.4, 0.5) is 0 Å². The molecule has 164 valence electrons. The molecule has 0 radical (unpaired) electrons. The van der Waals surface area contributed by atoms with Crippen molar-refractivity contribution < 1.29 is 28.6 Å². The first-order valence-corrected chi connectivity index (χ1v) is 11.4. The van der Waals surface area contributed by atoms with Crippen LogP contribution in [0.3, 0.4) is 0 Å². The molecule has 0 bridgehead atoms. The maximum atomic E-state index is 12.5. The number of methoxy groups -OCH3 is 1. The second-order valence-electron chi connectivity index (χ2n) is 7.62. The van der Waals surface area contributed by atoms with Gasteiger partial charge in [-0.15, -0.1) is 0 Å². The van der Waals surface area contributed by atoms with Crippen molar-refractivity contribution in [2.24, 2.45) is 0 Å². The normalized spacial score (nSPS) is 20.5. The van der Waals surface area contributed by atoms with Crippen molar-refractivity contribution in [2.75, 3.05) is 25.9 Å². The van der Waals surface area contributed by atoms with Crippen LogP contribution in [-0.2, 0) is 25.5 Å². The van der Waals surface area contributed by atoms with Crippen molar-refractivity contribution in [3.8, 4) is 11.5 Å². The lowest BCUT2D eigenvalue weighted by Gasteiger charge is -2.29. The van der Waals surface area contributed by atoms with E-state index in [-0.39, 0.29) is 25.0 Å². The fraction of sp³-hybridized carbons (Fsp3) is 0.571. The van der Waals surface area contributed by atoms with E-state index < -0.39 is 17.6 Å². The predicted octanol–water partition coefficient (Wildman–Crippen LogP) is 1.80. The van der Waals surface area contributed by atoms with E-state index in [1.54, 1.807) is 11.8 Å². The molecule has 0 spiro atoms. The molecule has 2 unspecified atom stereocenters. The van der Waals surface area contributed by atoms with Crippen molar-refractivity contribution in [2.45, 2.75) is 50.1 Å². The highest BCUT2D eigenvalue weighted by molar-refractivity contribution is 7.98. The Morgan fingerprint density at radius 1 is 1.33 bits per heavy atom. The molecule has 0 aromatic heterocycles. The average molecular weight is 437 g/mol. The summed E-state index contributed by atoms with van der Waals surface area (Å²) >= 11 is 1.60. The molecule has 3 rings (SSSR count). The van der Waals surface area contributed by atoms with Crippen molar-refractivity contribution in [1.82, 2.24) is 10.6 Å². The lowest BCUT2D eigenvalue weighted by atomic mass is 9.84. The smallest absolute Gasteiger partial charge is 0.328 e. The van der Waals surface area contributed by atoms with Gasteiger partial charge < -0.3 is 24.8 Å². The zero-order valence-electron chi connectivity index (χ0n) is 17.3. The van der Waals surface area contributed by atoms with Crippen LogP contribution in [0.1, 0.15) is 37.7 Å². The quantitative estimate of drug-likeness (QED) is 0.539. The van der Waals surface area contributed by atoms with Gasteiger partial charge in [0.2, 0.25) is 18.6 Å². The summed E-state index contributed by atoms with van der Waals surface area (Å²) in [6, 6.07) is 5.08. The van der Waals surface area contributed by atoms with Gasteiger partial charge in [-0.2, -0.15) is 11.8 Å². The van der Waals surface area contributed by atoms with Crippen LogP contribution in [0.5, 0.6) is 11.5 Å². The van der Waals surface area contributed by atoms with E-state index in [0.29, 0.717) is 43.6 Å². The molecule has 1 aromatic carbocycles. The maximum absolute atomic E-state index is 12.5. The molecule has 2 aliphatic rings. The molecule has 0 saturated carbocycles. The largest absolute Gasteiger partial charge is 0.467 e. The number of ether oxygens (including phenoxy) is 3. The monoisotopic (exact) mass is 436 g/mol. The Labute approximate surface area is 180 Å². The van der Waals surface area contributed by atoms with Crippen molar-refractivity contribution >= 4 is 29.5 Å². The molecular formula is C21H28N2O6S. The number of hydrogen-bond acceptors (Lipinski definition) is 7. The Morgan fingerprint density at radius 2 is 2.13 bits per heavy atom. The van der Waals surface area contributed by atoms with Crippen LogP contribution in [0.25, 0.3) is 0 Å². The van der Waals surface area contributed by atoms with Crippen LogP contribution in [-0.4, -0.2) is 55.3 Å². The highest BCUT2D eigenvalue weighted by Crippen LogP contribution is 2.36. The summed E-state index contributed by atoms with van der Waals surface area (Å²) < 4.78 is 15.6. The van der Waals surface area contributed by atoms with Gasteiger partial charge in [-0.05, 0) is 55.4 Å². The van der Waals surface area contributed by atoms with E-state index in [4.69, 9.17) is 14.2 Å². The first kappa shape index (κ1) is 22.3. The Bertz CT molecular complexity index is 802. The number of benzene rings is 1. The van der Waals surface area contributed by atoms with Crippen LogP contribution in [0, 0.1) is 0 Å². The summed E-state index contributed by atoms with van der Waals surface area (Å²) in [5.41, 5.74) is 0.511. The Kier molecular flexibility index (Phi) is 7.47. The van der Waals surface area contributed by atoms with Gasteiger partial charge in [-0.1, -0.05) is 6.07 Å². The average Bonchev–Trinajstić information content (AvgIpc) is 3.35. The van der Waals surface area contributed by atoms with Crippen molar-refractivity contribution in [3.05, 3.63) is 23.8 Å². The summed E-state index contributed by atoms with van der Waals surface area (Å²) in [5.74, 6) is 1.47. The number of fused-ring (bicyclic) bond motifs is 1. The topological polar surface area (TPSA) is 103 Å². The Balaban J connectivity index is 1.62. The van der Waals surface area contributed by atoms with Crippen LogP contribution >= 0.6 is 11.8 Å². The first-order chi connectivity index (χ1) is 14.4. The van der Waals surface area contributed by atoms with E-state index in [1.807, 2.05) is 24.5 Å². The number of amides is 2. The standard InChI is InChI=1S/C21H28N2O6S/c1-27-20(26)15(7-10-30-2)22-18(24)5-8-21(9-6-19(25)23-21)12-14-3-4-16-17(11-14)29-13-28-16/h3-4,11,15H,5-10,12-13H2,1-2H3,(H,22,24)(H,23,25). The number of carbonyl (C=O) groups excluding carboxylic acids is 3. The fourth-order valence-electron chi connectivity index (χ4n) is 3.87. The number of rotatable bonds is 10. The van der Waals surface area contributed by atoms with Gasteiger partial charge in [0, 0.05) is 18.4 Å². The molecule has 2 amide bonds. The van der Waals surface area contributed by atoms with Gasteiger partial charge in [0.1, 0.15) is 6.04 Å². The fourth-order valence-corrected chi connectivity index (χ4v) is 4.34. The van der Waals surface area contributed by atoms with Crippen LogP contribution < -0.4 is 20.1 Å². The summed E-state index contributed by atoms with van der Waals surface area (Å²) in [7, 11) is 1.31. The third-order valence-corrected chi connectivity index (χ3v) is 6.12. The van der Waals surface area contributed by atoms with Gasteiger partial charge in [-0.3, -0.25) is 9.59 Å². The molecule has 1 saturated heterocycles. The molecule has 2 N–H and O–H groups in total. The maximum Gasteiger partial charge on any atom is 0.328 e. The van der Waals surface area contributed by atoms with Crippen LogP contribution in [0.15, 0.2) is 18.2 Å². The molecule has 8 nitrogen and oxygen atoms in total. The molecule has 2 atom stereocenters. The van der Waals surface area contributed by atoms with E-state index in [0.717, 1.165) is 11.3 Å². The number of hydrogen-bond donors (Lipinski definition) is 2. The number of nitrogens with one attached hydrogen (secondary N) is 2. The molecule has 30 heavy (non-hydrogen) atoms. The number of esters is 1. The first-order valence-electron chi connectivity index (χ1n) is 10.0. The summed E-state index contributed by atoms with van der Waals surface area (Å²) in [5, 5.41) is 5.85. The van der Waals surface area contributed by atoms with Gasteiger partial charge in [-0.25, -0.2) is 4.79 Å². The minimum atomic E-state index is -0.655. The molecular weight excluding hydrogens is 408 g/mol. The van der Waals surface area contributed by atoms with E-state index in [9.17, 15) is 14.4 Å². The SMILES string of the molecule is COC(=O)C(CCSC)NC(=O)CCC1(Cc2ccc3c(c2)OCO3)CCC(=O)N1. The third kappa shape index (κ3) is 5.59. The molecule has 1 fully saturated rings. The number of carbonyl (C=O) groups is 3. The molecule has 1 aromatic rings. The summed E-state index contributed by atoms with van der Waals surface area (Å²) in [6.45, 7) is 0.207. The Hall–Kier alpha value is -2.42. The van der Waals surface area contributed by atoms with Gasteiger partial charge in [0.25, 0.3) is 0 Å². The van der Waals surface area contributed by atoms with E-state index >= 15 is 0 Å². The van der Waals surface area contributed by atoms with Crippen molar-refractivity contribution in [1.29, 1.82) is 0 Å². The summed E-state index contributed by atoms with van der Waals surface area (Å²) in [6.07, 6.45) is 4.82. The lowest BCUT2D eigenvalue weighted by Crippen LogP contribution is -2.46. The van der Waals surface area contributed by atoms with Gasteiger partial charge in [0.05, 0.1) is 7.11 Å². The van der Waals surface area contributed by atoms with E-state index in [2.05, 4.69) is 10.6 Å². The van der Waals surface area contributed by atoms with E-state index in [1.165, 1.54) is 7.11 Å². The lowest BCUT2D eigenvalue weighted by molar-refractivity contribution is -0.145. The zero-order valence-corrected chi connectivity index (χ0v) is 18.1. The van der Waals surface area contributed by atoms with Crippen molar-refractivity contribution in [3.63, 3.8) is 0 Å². The molecule has 0 aliphatic carbocycles. The molecule has 2 heterocycles. The minimum Gasteiger partial charge on any atom is -0.467 e. The second-order valence-corrected chi connectivity index (χ2v) is 8.60. The Morgan fingerprint density at radius 3 is 2.83 bits per heavy atom. The summed E-state index contributed by atoms with van der Waals surface area (Å²) in [4.78, 5) is 36.5. The predicted molar refractivity (Wildman–Crippen MR) is 113 cm³/mol. The number of thioether (sulfide) groups is 1. The minimum absolute atomic E-state index is 0.0106. The van der Waals surface area contributed by atoms with Crippen LogP contribution in [0.2, 0.25) is 0 Å². The zero-order chi connectivity index (χ0) is 21.6. The third-order valence-electron chi connectivity index (χ3n) is 5.48. The van der Waals surface area contributed by atoms with Gasteiger partial charge >= 0.3 is 5.97 Å². The molecule has 9 heteroatoms. The second kappa shape index (κ2) is 10.1. The highest BCUT2D eigenvalue weighted by Gasteiger charge is 2.38.